The molecule has 4 nitrogen and oxygen atoms in total. The molecule has 0 saturated heterocycles. The van der Waals surface area contributed by atoms with Gasteiger partial charge in [-0.05, 0) is 52.6 Å². The fourth-order valence-corrected chi connectivity index (χ4v) is 9.21. The van der Waals surface area contributed by atoms with E-state index in [0.717, 1.165) is 33.5 Å². The van der Waals surface area contributed by atoms with Gasteiger partial charge in [-0.25, -0.2) is 15.0 Å². The van der Waals surface area contributed by atoms with E-state index in [1.165, 1.54) is 53.2 Å². The summed E-state index contributed by atoms with van der Waals surface area (Å²) in [7, 11) is 0. The normalized spacial score (nSPS) is 11.6. The fourth-order valence-electron chi connectivity index (χ4n) is 7.98. The van der Waals surface area contributed by atoms with Gasteiger partial charge in [-0.1, -0.05) is 164 Å². The van der Waals surface area contributed by atoms with E-state index < -0.39 is 0 Å². The summed E-state index contributed by atoms with van der Waals surface area (Å²) in [4.78, 5) is 15.5. The van der Waals surface area contributed by atoms with Crippen molar-refractivity contribution in [1.29, 1.82) is 0 Å². The van der Waals surface area contributed by atoms with Crippen molar-refractivity contribution in [1.82, 2.24) is 19.5 Å². The van der Waals surface area contributed by atoms with Gasteiger partial charge in [0.2, 0.25) is 0 Å². The monoisotopic (exact) mass is 732 g/mol. The number of rotatable bonds is 6. The van der Waals surface area contributed by atoms with Crippen LogP contribution in [0, 0.1) is 0 Å². The number of hydrogen-bond acceptors (Lipinski definition) is 4. The average molecular weight is 733 g/mol. The summed E-state index contributed by atoms with van der Waals surface area (Å²) in [6.07, 6.45) is 0. The van der Waals surface area contributed by atoms with Crippen molar-refractivity contribution in [2.45, 2.75) is 0 Å². The molecule has 8 aromatic carbocycles. The number of aromatic nitrogens is 4. The van der Waals surface area contributed by atoms with E-state index >= 15 is 0 Å². The van der Waals surface area contributed by atoms with Crippen molar-refractivity contribution >= 4 is 53.3 Å². The van der Waals surface area contributed by atoms with Crippen LogP contribution in [-0.4, -0.2) is 19.5 Å². The van der Waals surface area contributed by atoms with Crippen LogP contribution >= 0.6 is 11.3 Å². The third-order valence-corrected chi connectivity index (χ3v) is 11.9. The van der Waals surface area contributed by atoms with Gasteiger partial charge >= 0.3 is 0 Å². The fraction of sp³-hybridized carbons (Fsp3) is 0. The van der Waals surface area contributed by atoms with Crippen molar-refractivity contribution in [2.24, 2.45) is 0 Å². The number of benzene rings is 8. The molecule has 0 saturated carbocycles. The second kappa shape index (κ2) is 13.3. The molecular weight excluding hydrogens is 701 g/mol. The molecule has 3 aromatic heterocycles. The Morgan fingerprint density at radius 3 is 1.61 bits per heavy atom. The Balaban J connectivity index is 1.14. The number of thiophene rings is 1. The van der Waals surface area contributed by atoms with Crippen LogP contribution in [0.2, 0.25) is 0 Å². The van der Waals surface area contributed by atoms with Crippen molar-refractivity contribution in [3.05, 3.63) is 194 Å². The Morgan fingerprint density at radius 2 is 0.875 bits per heavy atom. The van der Waals surface area contributed by atoms with Crippen LogP contribution in [0.4, 0.5) is 0 Å². The molecule has 262 valence electrons. The van der Waals surface area contributed by atoms with E-state index in [1.54, 1.807) is 0 Å². The van der Waals surface area contributed by atoms with E-state index in [2.05, 4.69) is 174 Å². The van der Waals surface area contributed by atoms with Crippen LogP contribution in [0.25, 0.3) is 104 Å². The molecule has 3 heterocycles. The first-order valence-corrected chi connectivity index (χ1v) is 19.6. The molecule has 0 atom stereocenters. The third kappa shape index (κ3) is 5.40. The minimum Gasteiger partial charge on any atom is -0.307 e. The summed E-state index contributed by atoms with van der Waals surface area (Å²) in [5, 5.41) is 4.95. The topological polar surface area (TPSA) is 43.6 Å². The molecule has 0 bridgehead atoms. The highest BCUT2D eigenvalue weighted by atomic mass is 32.1. The van der Waals surface area contributed by atoms with Gasteiger partial charge in [0.05, 0.1) is 21.4 Å². The van der Waals surface area contributed by atoms with Crippen LogP contribution in [0.15, 0.2) is 194 Å². The quantitative estimate of drug-likeness (QED) is 0.171. The van der Waals surface area contributed by atoms with Crippen LogP contribution in [0.5, 0.6) is 0 Å². The first-order valence-electron chi connectivity index (χ1n) is 18.8. The Kier molecular flexibility index (Phi) is 7.64. The summed E-state index contributed by atoms with van der Waals surface area (Å²) in [6.45, 7) is 0. The summed E-state index contributed by atoms with van der Waals surface area (Å²) < 4.78 is 4.95. The molecule has 0 unspecified atom stereocenters. The zero-order chi connectivity index (χ0) is 37.0. The second-order valence-corrected chi connectivity index (χ2v) is 15.1. The standard InChI is InChI=1S/C51H32N4S/c1-4-14-33(15-5-1)35-24-26-37(27-25-35)50-52-49(36-18-8-3-9-19-36)53-51(54-50)42-21-11-13-23-45(42)55-44-22-12-10-20-39(44)40-29-30-41-43-32-38(34-16-6-2-7-17-34)28-31-46(43)56-48(41)47(40)55/h1-32H. The predicted octanol–water partition coefficient (Wildman–Crippen LogP) is 13.7. The zero-order valence-electron chi connectivity index (χ0n) is 30.2. The first-order chi connectivity index (χ1) is 27.8. The van der Waals surface area contributed by atoms with E-state index in [4.69, 9.17) is 15.0 Å². The molecule has 0 radical (unpaired) electrons. The third-order valence-electron chi connectivity index (χ3n) is 10.7. The van der Waals surface area contributed by atoms with Crippen LogP contribution in [0.1, 0.15) is 0 Å². The van der Waals surface area contributed by atoms with Crippen LogP contribution in [-0.2, 0) is 0 Å². The van der Waals surface area contributed by atoms with Gasteiger partial charge < -0.3 is 4.57 Å². The van der Waals surface area contributed by atoms with E-state index in [9.17, 15) is 0 Å². The highest BCUT2D eigenvalue weighted by molar-refractivity contribution is 7.26. The maximum absolute atomic E-state index is 5.24. The average Bonchev–Trinajstić information content (AvgIpc) is 3.83. The van der Waals surface area contributed by atoms with E-state index in [1.807, 2.05) is 35.6 Å². The summed E-state index contributed by atoms with van der Waals surface area (Å²) in [5.74, 6) is 1.89. The number of fused-ring (bicyclic) bond motifs is 7. The molecule has 0 aliphatic carbocycles. The lowest BCUT2D eigenvalue weighted by Crippen LogP contribution is -2.03. The molecule has 56 heavy (non-hydrogen) atoms. The van der Waals surface area contributed by atoms with Gasteiger partial charge in [0, 0.05) is 42.9 Å². The Hall–Kier alpha value is -7.21. The van der Waals surface area contributed by atoms with Gasteiger partial charge in [-0.3, -0.25) is 0 Å². The van der Waals surface area contributed by atoms with E-state index in [0.29, 0.717) is 17.5 Å². The first kappa shape index (κ1) is 32.2. The Labute approximate surface area is 327 Å². The van der Waals surface area contributed by atoms with Crippen molar-refractivity contribution in [2.75, 3.05) is 0 Å². The molecule has 0 aliphatic rings. The lowest BCUT2D eigenvalue weighted by Gasteiger charge is -2.15. The molecule has 0 aliphatic heterocycles. The van der Waals surface area contributed by atoms with Gasteiger partial charge in [-0.15, -0.1) is 11.3 Å². The highest BCUT2D eigenvalue weighted by Gasteiger charge is 2.22. The van der Waals surface area contributed by atoms with E-state index in [-0.39, 0.29) is 0 Å². The van der Waals surface area contributed by atoms with Gasteiger partial charge in [-0.2, -0.15) is 0 Å². The molecule has 11 aromatic rings. The zero-order valence-corrected chi connectivity index (χ0v) is 31.0. The van der Waals surface area contributed by atoms with Crippen molar-refractivity contribution < 1.29 is 0 Å². The SMILES string of the molecule is c1ccc(-c2ccc(-c3nc(-c4ccccc4)nc(-c4ccccc4-n4c5ccccc5c5ccc6c7cc(-c8ccccc8)ccc7sc6c54)n3)cc2)cc1. The molecule has 0 amide bonds. The number of para-hydroxylation sites is 2. The highest BCUT2D eigenvalue weighted by Crippen LogP contribution is 2.45. The van der Waals surface area contributed by atoms with Crippen LogP contribution in [0.3, 0.4) is 0 Å². The maximum Gasteiger partial charge on any atom is 0.166 e. The minimum absolute atomic E-state index is 0.624. The lowest BCUT2D eigenvalue weighted by molar-refractivity contribution is 1.06. The minimum atomic E-state index is 0.624. The Morgan fingerprint density at radius 1 is 0.357 bits per heavy atom. The predicted molar refractivity (Wildman–Crippen MR) is 234 cm³/mol. The van der Waals surface area contributed by atoms with Crippen molar-refractivity contribution in [3.63, 3.8) is 0 Å². The smallest absolute Gasteiger partial charge is 0.166 e. The molecular formula is C51H32N4S. The Bertz CT molecular complexity index is 3220. The van der Waals surface area contributed by atoms with Gasteiger partial charge in [0.1, 0.15) is 0 Å². The number of hydrogen-bond donors (Lipinski definition) is 0. The summed E-state index contributed by atoms with van der Waals surface area (Å²) in [6, 6.07) is 68.4. The molecule has 0 N–H and O–H groups in total. The second-order valence-electron chi connectivity index (χ2n) is 14.0. The number of nitrogens with zero attached hydrogens (tertiary/aromatic N) is 4. The van der Waals surface area contributed by atoms with Crippen LogP contribution < -0.4 is 0 Å². The molecule has 5 heteroatoms. The molecule has 11 rings (SSSR count). The van der Waals surface area contributed by atoms with Gasteiger partial charge in [0.25, 0.3) is 0 Å². The van der Waals surface area contributed by atoms with Crippen molar-refractivity contribution in [3.8, 4) is 62.1 Å². The lowest BCUT2D eigenvalue weighted by atomic mass is 10.0. The largest absolute Gasteiger partial charge is 0.307 e. The molecule has 0 spiro atoms. The summed E-state index contributed by atoms with van der Waals surface area (Å²) >= 11 is 1.86. The van der Waals surface area contributed by atoms with Gasteiger partial charge in [0.15, 0.2) is 17.5 Å². The summed E-state index contributed by atoms with van der Waals surface area (Å²) in [5.41, 5.74) is 10.9. The maximum atomic E-state index is 5.24. The molecule has 0 fully saturated rings.